The standard InChI is InChI=1S/C18H17N5O4S/c1-27-17-12-11-16(21-22-17)23-28(25,26)15-9-7-14(8-10-15)20-18(24)19-13-5-3-2-4-6-13/h2-12H,1H3,(H,21,23)(H2,19,20,24). The molecule has 2 amide bonds. The molecule has 0 aliphatic heterocycles. The van der Waals surface area contributed by atoms with Crippen LogP contribution in [0.4, 0.5) is 22.0 Å². The zero-order chi connectivity index (χ0) is 20.0. The summed E-state index contributed by atoms with van der Waals surface area (Å²) in [5, 5.41) is 12.7. The van der Waals surface area contributed by atoms with E-state index in [1.54, 1.807) is 24.3 Å². The van der Waals surface area contributed by atoms with Gasteiger partial charge in [0, 0.05) is 17.4 Å². The van der Waals surface area contributed by atoms with Gasteiger partial charge >= 0.3 is 6.03 Å². The van der Waals surface area contributed by atoms with Gasteiger partial charge < -0.3 is 15.4 Å². The van der Waals surface area contributed by atoms with Gasteiger partial charge in [-0.25, -0.2) is 13.2 Å². The first kappa shape index (κ1) is 19.1. The zero-order valence-electron chi connectivity index (χ0n) is 14.8. The predicted octanol–water partition coefficient (Wildman–Crippen LogP) is 2.93. The largest absolute Gasteiger partial charge is 0.480 e. The average Bonchev–Trinajstić information content (AvgIpc) is 2.69. The number of carbonyl (C=O) groups excluding carboxylic acids is 1. The molecule has 10 heteroatoms. The van der Waals surface area contributed by atoms with E-state index in [4.69, 9.17) is 4.74 Å². The average molecular weight is 399 g/mol. The Morgan fingerprint density at radius 2 is 1.50 bits per heavy atom. The number of anilines is 3. The highest BCUT2D eigenvalue weighted by Gasteiger charge is 2.15. The van der Waals surface area contributed by atoms with Gasteiger partial charge in [-0.05, 0) is 42.5 Å². The van der Waals surface area contributed by atoms with E-state index in [1.165, 1.54) is 43.5 Å². The Morgan fingerprint density at radius 3 is 2.07 bits per heavy atom. The lowest BCUT2D eigenvalue weighted by Crippen LogP contribution is -2.19. The molecule has 0 aliphatic carbocycles. The van der Waals surface area contributed by atoms with Crippen molar-refractivity contribution in [1.29, 1.82) is 0 Å². The molecule has 3 N–H and O–H groups in total. The number of benzene rings is 2. The highest BCUT2D eigenvalue weighted by atomic mass is 32.2. The molecule has 1 heterocycles. The summed E-state index contributed by atoms with van der Waals surface area (Å²) in [5.74, 6) is 0.331. The van der Waals surface area contributed by atoms with Crippen LogP contribution in [0.1, 0.15) is 0 Å². The lowest BCUT2D eigenvalue weighted by atomic mass is 10.3. The van der Waals surface area contributed by atoms with Gasteiger partial charge in [-0.2, -0.15) is 0 Å². The summed E-state index contributed by atoms with van der Waals surface area (Å²) in [6.45, 7) is 0. The van der Waals surface area contributed by atoms with Crippen molar-refractivity contribution in [1.82, 2.24) is 10.2 Å². The van der Waals surface area contributed by atoms with Crippen molar-refractivity contribution < 1.29 is 17.9 Å². The van der Waals surface area contributed by atoms with Gasteiger partial charge in [-0.15, -0.1) is 10.2 Å². The van der Waals surface area contributed by atoms with Gasteiger partial charge in [0.25, 0.3) is 10.0 Å². The maximum Gasteiger partial charge on any atom is 0.323 e. The maximum atomic E-state index is 12.4. The van der Waals surface area contributed by atoms with Crippen LogP contribution in [0.25, 0.3) is 0 Å². The quantitative estimate of drug-likeness (QED) is 0.586. The molecule has 0 unspecified atom stereocenters. The SMILES string of the molecule is COc1ccc(NS(=O)(=O)c2ccc(NC(=O)Nc3ccccc3)cc2)nn1. The van der Waals surface area contributed by atoms with Crippen molar-refractivity contribution in [3.05, 3.63) is 66.7 Å². The predicted molar refractivity (Wildman–Crippen MR) is 105 cm³/mol. The van der Waals surface area contributed by atoms with Crippen molar-refractivity contribution in [3.8, 4) is 5.88 Å². The van der Waals surface area contributed by atoms with Crippen LogP contribution in [0, 0.1) is 0 Å². The molecule has 0 saturated heterocycles. The minimum absolute atomic E-state index is 0.0131. The second kappa shape index (κ2) is 8.35. The molecule has 144 valence electrons. The van der Waals surface area contributed by atoms with E-state index in [0.717, 1.165) is 0 Å². The number of nitrogens with zero attached hydrogens (tertiary/aromatic N) is 2. The van der Waals surface area contributed by atoms with E-state index < -0.39 is 16.1 Å². The Labute approximate surface area is 161 Å². The first-order valence-corrected chi connectivity index (χ1v) is 9.58. The maximum absolute atomic E-state index is 12.4. The number of urea groups is 1. The van der Waals surface area contributed by atoms with Crippen LogP contribution in [0.3, 0.4) is 0 Å². The van der Waals surface area contributed by atoms with Gasteiger partial charge in [0.05, 0.1) is 12.0 Å². The third kappa shape index (κ3) is 4.95. The molecule has 0 spiro atoms. The van der Waals surface area contributed by atoms with E-state index in [1.807, 2.05) is 6.07 Å². The number of para-hydroxylation sites is 1. The third-order valence-electron chi connectivity index (χ3n) is 3.54. The third-order valence-corrected chi connectivity index (χ3v) is 4.91. The minimum Gasteiger partial charge on any atom is -0.480 e. The van der Waals surface area contributed by atoms with Crippen LogP contribution >= 0.6 is 0 Å². The van der Waals surface area contributed by atoms with Gasteiger partial charge in [-0.1, -0.05) is 18.2 Å². The number of aromatic nitrogens is 2. The fraction of sp³-hybridized carbons (Fsp3) is 0.0556. The second-order valence-electron chi connectivity index (χ2n) is 5.54. The van der Waals surface area contributed by atoms with Gasteiger partial charge in [0.2, 0.25) is 5.88 Å². The van der Waals surface area contributed by atoms with Crippen molar-refractivity contribution >= 4 is 33.2 Å². The Balaban J connectivity index is 1.64. The molecule has 0 bridgehead atoms. The molecular weight excluding hydrogens is 382 g/mol. The Kier molecular flexibility index (Phi) is 5.70. The summed E-state index contributed by atoms with van der Waals surface area (Å²) < 4.78 is 32.0. The van der Waals surface area contributed by atoms with Gasteiger partial charge in [-0.3, -0.25) is 4.72 Å². The molecule has 0 radical (unpaired) electrons. The molecule has 28 heavy (non-hydrogen) atoms. The Bertz CT molecular complexity index is 1040. The van der Waals surface area contributed by atoms with Crippen LogP contribution in [-0.2, 0) is 10.0 Å². The molecule has 0 aliphatic rings. The van der Waals surface area contributed by atoms with Crippen LogP contribution in [0.5, 0.6) is 5.88 Å². The number of amides is 2. The lowest BCUT2D eigenvalue weighted by molar-refractivity contribution is 0.262. The van der Waals surface area contributed by atoms with E-state index in [0.29, 0.717) is 11.4 Å². The monoisotopic (exact) mass is 399 g/mol. The van der Waals surface area contributed by atoms with E-state index >= 15 is 0 Å². The van der Waals surface area contributed by atoms with E-state index in [9.17, 15) is 13.2 Å². The number of nitrogens with one attached hydrogen (secondary N) is 3. The summed E-state index contributed by atoms with van der Waals surface area (Å²) in [6.07, 6.45) is 0. The molecule has 0 atom stereocenters. The fourth-order valence-corrected chi connectivity index (χ4v) is 3.21. The minimum atomic E-state index is -3.85. The molecular formula is C18H17N5O4S. The smallest absolute Gasteiger partial charge is 0.323 e. The highest BCUT2D eigenvalue weighted by Crippen LogP contribution is 2.18. The number of sulfonamides is 1. The van der Waals surface area contributed by atoms with Gasteiger partial charge in [0.1, 0.15) is 0 Å². The summed E-state index contributed by atoms with van der Waals surface area (Å²) in [6, 6.07) is 17.2. The first-order valence-electron chi connectivity index (χ1n) is 8.10. The summed E-state index contributed by atoms with van der Waals surface area (Å²) in [5.41, 5.74) is 1.08. The van der Waals surface area contributed by atoms with Crippen LogP contribution in [0.15, 0.2) is 71.6 Å². The zero-order valence-corrected chi connectivity index (χ0v) is 15.6. The van der Waals surface area contributed by atoms with Crippen molar-refractivity contribution in [2.45, 2.75) is 4.90 Å². The molecule has 3 rings (SSSR count). The van der Waals surface area contributed by atoms with Crippen molar-refractivity contribution in [2.24, 2.45) is 0 Å². The number of hydrogen-bond donors (Lipinski definition) is 3. The lowest BCUT2D eigenvalue weighted by Gasteiger charge is -2.10. The first-order chi connectivity index (χ1) is 13.5. The molecule has 2 aromatic carbocycles. The normalized spacial score (nSPS) is 10.8. The van der Waals surface area contributed by atoms with E-state index in [-0.39, 0.29) is 16.6 Å². The Morgan fingerprint density at radius 1 is 0.857 bits per heavy atom. The van der Waals surface area contributed by atoms with Crippen molar-refractivity contribution in [2.75, 3.05) is 22.5 Å². The molecule has 0 saturated carbocycles. The van der Waals surface area contributed by atoms with Crippen LogP contribution in [-0.4, -0.2) is 31.8 Å². The molecule has 9 nitrogen and oxygen atoms in total. The van der Waals surface area contributed by atoms with Crippen LogP contribution < -0.4 is 20.1 Å². The Hall–Kier alpha value is -3.66. The fourth-order valence-electron chi connectivity index (χ4n) is 2.21. The molecule has 3 aromatic rings. The summed E-state index contributed by atoms with van der Waals surface area (Å²) in [7, 11) is -2.41. The topological polar surface area (TPSA) is 122 Å². The van der Waals surface area contributed by atoms with Crippen LogP contribution in [0.2, 0.25) is 0 Å². The van der Waals surface area contributed by atoms with Crippen molar-refractivity contribution in [3.63, 3.8) is 0 Å². The number of rotatable bonds is 6. The number of methoxy groups -OCH3 is 1. The van der Waals surface area contributed by atoms with E-state index in [2.05, 4.69) is 25.6 Å². The number of hydrogen-bond acceptors (Lipinski definition) is 6. The summed E-state index contributed by atoms with van der Waals surface area (Å²) in [4.78, 5) is 12.0. The number of ether oxygens (including phenoxy) is 1. The van der Waals surface area contributed by atoms with Gasteiger partial charge in [0.15, 0.2) is 5.82 Å². The highest BCUT2D eigenvalue weighted by molar-refractivity contribution is 7.92. The molecule has 1 aromatic heterocycles. The second-order valence-corrected chi connectivity index (χ2v) is 7.22. The molecule has 0 fully saturated rings. The summed E-state index contributed by atoms with van der Waals surface area (Å²) >= 11 is 0. The number of carbonyl (C=O) groups is 1.